The van der Waals surface area contributed by atoms with Crippen LogP contribution in [-0.2, 0) is 27.5 Å². The first-order chi connectivity index (χ1) is 36.3. The number of ether oxygens (including phenoxy) is 4. The monoisotopic (exact) mass is 1010 g/mol. The number of nitro benzene ring substituents is 1. The average molecular weight is 1010 g/mol. The van der Waals surface area contributed by atoms with Gasteiger partial charge in [0.2, 0.25) is 5.79 Å². The van der Waals surface area contributed by atoms with Gasteiger partial charge in [0.05, 0.1) is 36.3 Å². The van der Waals surface area contributed by atoms with Crippen molar-refractivity contribution in [1.82, 2.24) is 4.90 Å². The zero-order chi connectivity index (χ0) is 52.1. The van der Waals surface area contributed by atoms with E-state index in [1.165, 1.54) is 50.7 Å². The van der Waals surface area contributed by atoms with Gasteiger partial charge < -0.3 is 34.0 Å². The van der Waals surface area contributed by atoms with Crippen LogP contribution in [0.2, 0.25) is 0 Å². The number of hydrogen-bond donors (Lipinski definition) is 2. The number of nitrogens with zero attached hydrogens (tertiary/aromatic N) is 3. The highest BCUT2D eigenvalue weighted by Gasteiger charge is 2.65. The van der Waals surface area contributed by atoms with E-state index in [4.69, 9.17) is 28.9 Å². The van der Waals surface area contributed by atoms with Crippen LogP contribution in [0.4, 0.5) is 10.5 Å². The van der Waals surface area contributed by atoms with Gasteiger partial charge in [-0.15, -0.1) is 6.58 Å². The van der Waals surface area contributed by atoms with E-state index >= 15 is 4.79 Å². The molecule has 1 aliphatic heterocycles. The van der Waals surface area contributed by atoms with Gasteiger partial charge in [-0.05, 0) is 102 Å². The first-order valence-corrected chi connectivity index (χ1v) is 27.3. The number of oxime groups is 1. The first kappa shape index (κ1) is 55.7. The van der Waals surface area contributed by atoms with Crippen LogP contribution in [0.1, 0.15) is 139 Å². The summed E-state index contributed by atoms with van der Waals surface area (Å²) in [6.45, 7) is 11.3. The van der Waals surface area contributed by atoms with Crippen LogP contribution in [0.25, 0.3) is 10.8 Å². The molecular formula is C61H79N3O10. The van der Waals surface area contributed by atoms with Crippen LogP contribution in [0.5, 0.6) is 11.5 Å². The topological polar surface area (TPSA) is 162 Å². The highest BCUT2D eigenvalue weighted by atomic mass is 16.7. The molecule has 1 amide bonds. The molecule has 0 radical (unpaired) electrons. The van der Waals surface area contributed by atoms with Gasteiger partial charge >= 0.3 is 6.09 Å². The maximum Gasteiger partial charge on any atom is 0.410 e. The van der Waals surface area contributed by atoms with Crippen LogP contribution in [0, 0.1) is 27.9 Å². The number of allylic oxidation sites excluding steroid dienone is 1. The molecule has 0 spiro atoms. The van der Waals surface area contributed by atoms with E-state index in [0.717, 1.165) is 78.8 Å². The van der Waals surface area contributed by atoms with Gasteiger partial charge in [-0.2, -0.15) is 0 Å². The Bertz CT molecular complexity index is 2500. The number of carbonyl (C=O) groups excluding carboxylic acids is 1. The van der Waals surface area contributed by atoms with Crippen LogP contribution < -0.4 is 9.47 Å². The molecule has 13 heteroatoms. The maximum absolute atomic E-state index is 15.4. The van der Waals surface area contributed by atoms with E-state index in [2.05, 4.69) is 56.5 Å². The van der Waals surface area contributed by atoms with Crippen molar-refractivity contribution < 1.29 is 43.7 Å². The van der Waals surface area contributed by atoms with Gasteiger partial charge in [-0.25, -0.2) is 4.79 Å². The molecule has 1 fully saturated rings. The fraction of sp³-hybridized carbons (Fsp3) is 0.508. The van der Waals surface area contributed by atoms with E-state index < -0.39 is 28.8 Å². The molecule has 6 atom stereocenters. The predicted molar refractivity (Wildman–Crippen MR) is 291 cm³/mol. The summed E-state index contributed by atoms with van der Waals surface area (Å²) in [5.74, 6) is -1.02. The van der Waals surface area contributed by atoms with Gasteiger partial charge in [-0.3, -0.25) is 15.0 Å². The van der Waals surface area contributed by atoms with E-state index in [1.54, 1.807) is 29.2 Å². The third-order valence-electron chi connectivity index (χ3n) is 15.1. The first-order valence-electron chi connectivity index (χ1n) is 27.3. The molecule has 13 nitrogen and oxygen atoms in total. The second-order valence-corrected chi connectivity index (χ2v) is 20.1. The number of carbonyl (C=O) groups is 1. The Hall–Kier alpha value is -6.02. The second-order valence-electron chi connectivity index (χ2n) is 20.1. The van der Waals surface area contributed by atoms with Crippen LogP contribution in [0.15, 0.2) is 127 Å². The molecule has 2 aliphatic carbocycles. The number of amides is 1. The normalized spacial score (nSPS) is 21.2. The molecule has 0 unspecified atom stereocenters. The number of non-ortho nitro benzene ring substituents is 1. The molecule has 3 aliphatic rings. The van der Waals surface area contributed by atoms with Gasteiger partial charge in [0.25, 0.3) is 5.69 Å². The SMILES string of the molecule is C=CCOc1ccc2c(c1)[C@H]1[C@H](CCCCO)[C@@H](CCCCO)C=C3C(=NOCc4ccc([N+](=O)[O-])cc4)C[C@H](N(Cc4cccc5ccccc45)C(=O)OCCCCCCCCCCCC)[C@@](OCC=C)(O2)[C@H]31. The Kier molecular flexibility index (Phi) is 21.5. The largest absolute Gasteiger partial charge is 0.490 e. The lowest BCUT2D eigenvalue weighted by Crippen LogP contribution is -2.70. The number of aliphatic hydroxyl groups excluding tert-OH is 2. The summed E-state index contributed by atoms with van der Waals surface area (Å²) in [6, 6.07) is 25.6. The van der Waals surface area contributed by atoms with E-state index in [0.29, 0.717) is 42.2 Å². The zero-order valence-electron chi connectivity index (χ0n) is 43.6. The summed E-state index contributed by atoms with van der Waals surface area (Å²) in [6.07, 6.45) is 21.3. The molecule has 74 heavy (non-hydrogen) atoms. The smallest absolute Gasteiger partial charge is 0.410 e. The van der Waals surface area contributed by atoms with Crippen molar-refractivity contribution in [2.45, 2.75) is 147 Å². The van der Waals surface area contributed by atoms with E-state index in [9.17, 15) is 20.3 Å². The highest BCUT2D eigenvalue weighted by Crippen LogP contribution is 2.62. The summed E-state index contributed by atoms with van der Waals surface area (Å²) >= 11 is 0. The zero-order valence-corrected chi connectivity index (χ0v) is 43.6. The average Bonchev–Trinajstić information content (AvgIpc) is 3.43. The van der Waals surface area contributed by atoms with Crippen molar-refractivity contribution in [3.05, 3.63) is 149 Å². The summed E-state index contributed by atoms with van der Waals surface area (Å²) in [5, 5.41) is 38.7. The highest BCUT2D eigenvalue weighted by molar-refractivity contribution is 6.03. The van der Waals surface area contributed by atoms with Gasteiger partial charge in [0.15, 0.2) is 0 Å². The number of rotatable bonds is 32. The number of fused-ring (bicyclic) bond motifs is 3. The van der Waals surface area contributed by atoms with Crippen molar-refractivity contribution in [3.63, 3.8) is 0 Å². The Balaban J connectivity index is 1.36. The minimum atomic E-state index is -1.51. The summed E-state index contributed by atoms with van der Waals surface area (Å²) in [7, 11) is 0. The Morgan fingerprint density at radius 3 is 2.27 bits per heavy atom. The number of benzene rings is 4. The fourth-order valence-corrected chi connectivity index (χ4v) is 11.5. The number of aliphatic hydroxyl groups is 2. The van der Waals surface area contributed by atoms with Crippen LogP contribution in [0.3, 0.4) is 0 Å². The second kappa shape index (κ2) is 28.6. The number of nitro groups is 1. The minimum absolute atomic E-state index is 0.00819. The molecule has 1 heterocycles. The lowest BCUT2D eigenvalue weighted by atomic mass is 9.55. The molecule has 0 saturated heterocycles. The van der Waals surface area contributed by atoms with Crippen LogP contribution in [-0.4, -0.2) is 76.7 Å². The molecule has 7 rings (SSSR count). The van der Waals surface area contributed by atoms with E-state index in [1.807, 2.05) is 30.3 Å². The molecule has 0 bridgehead atoms. The lowest BCUT2D eigenvalue weighted by Gasteiger charge is -2.60. The predicted octanol–water partition coefficient (Wildman–Crippen LogP) is 13.7. The van der Waals surface area contributed by atoms with Gasteiger partial charge in [0.1, 0.15) is 30.8 Å². The molecule has 1 saturated carbocycles. The Labute approximate surface area is 438 Å². The van der Waals surface area contributed by atoms with Crippen molar-refractivity contribution in [2.75, 3.05) is 33.0 Å². The van der Waals surface area contributed by atoms with Gasteiger partial charge in [0, 0.05) is 43.2 Å². The minimum Gasteiger partial charge on any atom is -0.490 e. The fourth-order valence-electron chi connectivity index (χ4n) is 11.5. The molecule has 4 aromatic carbocycles. The Morgan fingerprint density at radius 2 is 1.55 bits per heavy atom. The summed E-state index contributed by atoms with van der Waals surface area (Å²) in [4.78, 5) is 34.5. The Morgan fingerprint density at radius 1 is 0.851 bits per heavy atom. The van der Waals surface area contributed by atoms with Crippen LogP contribution >= 0.6 is 0 Å². The van der Waals surface area contributed by atoms with E-state index in [-0.39, 0.29) is 69.4 Å². The summed E-state index contributed by atoms with van der Waals surface area (Å²) in [5.41, 5.74) is 4.07. The molecule has 2 N–H and O–H groups in total. The molecular weight excluding hydrogens is 935 g/mol. The summed E-state index contributed by atoms with van der Waals surface area (Å²) < 4.78 is 27.3. The van der Waals surface area contributed by atoms with Crippen molar-refractivity contribution in [2.24, 2.45) is 22.9 Å². The molecule has 4 aromatic rings. The van der Waals surface area contributed by atoms with Crippen molar-refractivity contribution in [3.8, 4) is 11.5 Å². The van der Waals surface area contributed by atoms with Crippen molar-refractivity contribution in [1.29, 1.82) is 0 Å². The lowest BCUT2D eigenvalue weighted by molar-refractivity contribution is -0.384. The number of hydrogen-bond acceptors (Lipinski definition) is 11. The molecule has 0 aromatic heterocycles. The quantitative estimate of drug-likeness (QED) is 0.0208. The van der Waals surface area contributed by atoms with Gasteiger partial charge in [-0.1, -0.05) is 150 Å². The third-order valence-corrected chi connectivity index (χ3v) is 15.1. The maximum atomic E-state index is 15.4. The number of unbranched alkanes of at least 4 members (excludes halogenated alkanes) is 11. The molecule has 398 valence electrons. The van der Waals surface area contributed by atoms with Crippen molar-refractivity contribution >= 4 is 28.3 Å². The third kappa shape index (κ3) is 14.0. The standard InChI is InChI=1S/C61H79N3O10/c1-4-7-8-9-10-11-12-13-14-21-39-71-60(67)63(43-48-26-22-25-46-23-15-16-27-51(46)48)57-42-55(62-73-44-45-29-31-49(32-30-45)64(68)69)53-40-47(24-17-19-35-65)52(28-18-20-36-66)58-54-41-50(70-37-5-2)33-34-56(54)74-61(57,59(53)58)72-38-6-3/h5-6,15-16,22-23,25-27,29-34,40-41,47,52,57-59,65-66H,2-4,7-14,17-21,24,28,35-39,42-44H2,1H3/t47-,52+,57-,58+,59+,61+/m0/s1.